The van der Waals surface area contributed by atoms with E-state index in [1.165, 1.54) is 14.5 Å². The molecule has 1 nitrogen and oxygen atoms in total. The molecular weight excluding hydrogens is 238 g/mol. The van der Waals surface area contributed by atoms with Crippen LogP contribution in [0.4, 0.5) is 0 Å². The van der Waals surface area contributed by atoms with Crippen molar-refractivity contribution < 1.29 is 0 Å². The molecule has 0 amide bonds. The fourth-order valence-corrected chi connectivity index (χ4v) is 3.18. The Morgan fingerprint density at radius 3 is 3.10 bits per heavy atom. The van der Waals surface area contributed by atoms with E-state index in [1.807, 2.05) is 0 Å². The number of fused-ring (bicyclic) bond motifs is 1. The number of hydrogen-bond acceptors (Lipinski definition) is 1. The van der Waals surface area contributed by atoms with Gasteiger partial charge in [-0.3, -0.25) is 0 Å². The van der Waals surface area contributed by atoms with Crippen LogP contribution in [-0.4, -0.2) is 25.4 Å². The summed E-state index contributed by atoms with van der Waals surface area (Å²) in [4.78, 5) is 4.33. The first-order valence-electron chi connectivity index (χ1n) is 3.17. The van der Waals surface area contributed by atoms with Gasteiger partial charge in [-0.1, -0.05) is 0 Å². The van der Waals surface area contributed by atoms with Crippen LogP contribution in [0.1, 0.15) is 5.56 Å². The fourth-order valence-electron chi connectivity index (χ4n) is 1.03. The summed E-state index contributed by atoms with van der Waals surface area (Å²) in [6, 6.07) is 6.43. The van der Waals surface area contributed by atoms with E-state index in [4.69, 9.17) is 0 Å². The molecule has 0 unspecified atom stereocenters. The van der Waals surface area contributed by atoms with Crippen LogP contribution < -0.4 is 0 Å². The number of para-hydroxylation sites is 1. The van der Waals surface area contributed by atoms with E-state index >= 15 is 0 Å². The number of aryl methyl sites for hydroxylation is 1. The Balaban J connectivity index is 2.95. The first-order valence-corrected chi connectivity index (χ1v) is 5.68. The summed E-state index contributed by atoms with van der Waals surface area (Å²) in [6.45, 7) is 2.12. The zero-order valence-electron chi connectivity index (χ0n) is 5.66. The van der Waals surface area contributed by atoms with Gasteiger partial charge in [0.2, 0.25) is 0 Å². The second-order valence-corrected chi connectivity index (χ2v) is 4.80. The molecule has 2 aromatic rings. The van der Waals surface area contributed by atoms with Crippen molar-refractivity contribution in [1.82, 2.24) is 4.98 Å². The molecule has 1 aromatic carbocycles. The standard InChI is InChI=1S/C8H7NTe/c1-6-3-2-4-7-8(6)9-5-10-7/h2-5H,1H3. The van der Waals surface area contributed by atoms with Gasteiger partial charge in [0, 0.05) is 0 Å². The van der Waals surface area contributed by atoms with Gasteiger partial charge in [0.1, 0.15) is 0 Å². The van der Waals surface area contributed by atoms with Crippen molar-refractivity contribution >= 4 is 29.3 Å². The van der Waals surface area contributed by atoms with Crippen molar-refractivity contribution in [2.75, 3.05) is 0 Å². The molecule has 2 rings (SSSR count). The summed E-state index contributed by atoms with van der Waals surface area (Å²) < 4.78 is 3.59. The average Bonchev–Trinajstić information content (AvgIpc) is 2.36. The van der Waals surface area contributed by atoms with Crippen molar-refractivity contribution in [1.29, 1.82) is 0 Å². The third kappa shape index (κ3) is 0.885. The summed E-state index contributed by atoms with van der Waals surface area (Å²) in [5.74, 6) is 0. The van der Waals surface area contributed by atoms with Crippen molar-refractivity contribution in [3.8, 4) is 0 Å². The molecule has 0 saturated carbocycles. The minimum atomic E-state index is -0.0490. The van der Waals surface area contributed by atoms with Crippen LogP contribution in [0.2, 0.25) is 0 Å². The molecule has 0 N–H and O–H groups in total. The van der Waals surface area contributed by atoms with Gasteiger partial charge < -0.3 is 0 Å². The van der Waals surface area contributed by atoms with Crippen molar-refractivity contribution in [3.63, 3.8) is 0 Å². The van der Waals surface area contributed by atoms with Crippen molar-refractivity contribution in [2.45, 2.75) is 6.92 Å². The predicted octanol–water partition coefficient (Wildman–Crippen LogP) is 1.60. The Morgan fingerprint density at radius 2 is 2.30 bits per heavy atom. The van der Waals surface area contributed by atoms with E-state index in [0.29, 0.717) is 0 Å². The molecule has 0 saturated heterocycles. The Hall–Kier alpha value is -0.320. The number of rotatable bonds is 0. The number of benzene rings is 1. The van der Waals surface area contributed by atoms with Gasteiger partial charge in [-0.05, 0) is 0 Å². The summed E-state index contributed by atoms with van der Waals surface area (Å²) >= 11 is -0.0490. The zero-order chi connectivity index (χ0) is 6.97. The Kier molecular flexibility index (Phi) is 1.52. The number of nitrogens with zero attached hydrogens (tertiary/aromatic N) is 1. The van der Waals surface area contributed by atoms with E-state index in [1.54, 1.807) is 0 Å². The monoisotopic (exact) mass is 247 g/mol. The average molecular weight is 245 g/mol. The minimum absolute atomic E-state index is 0.0490. The first-order chi connectivity index (χ1) is 4.88. The molecule has 0 bridgehead atoms. The molecule has 0 atom stereocenters. The summed E-state index contributed by atoms with van der Waals surface area (Å²) in [5, 5.41) is 0. The Morgan fingerprint density at radius 1 is 1.40 bits per heavy atom. The Bertz CT molecular complexity index is 351. The van der Waals surface area contributed by atoms with Gasteiger partial charge in [0.25, 0.3) is 0 Å². The van der Waals surface area contributed by atoms with E-state index in [9.17, 15) is 0 Å². The maximum absolute atomic E-state index is 4.33. The van der Waals surface area contributed by atoms with Crippen molar-refractivity contribution in [3.05, 3.63) is 28.0 Å². The molecule has 2 heteroatoms. The van der Waals surface area contributed by atoms with Crippen LogP contribution in [0, 0.1) is 6.92 Å². The van der Waals surface area contributed by atoms with Crippen LogP contribution in [-0.2, 0) is 0 Å². The quantitative estimate of drug-likeness (QED) is 0.642. The number of hydrogen-bond donors (Lipinski definition) is 0. The van der Waals surface area contributed by atoms with Gasteiger partial charge in [-0.25, -0.2) is 0 Å². The van der Waals surface area contributed by atoms with Crippen molar-refractivity contribution in [2.24, 2.45) is 0 Å². The topological polar surface area (TPSA) is 12.9 Å². The second-order valence-electron chi connectivity index (χ2n) is 2.27. The molecule has 1 aromatic heterocycles. The summed E-state index contributed by atoms with van der Waals surface area (Å²) in [6.07, 6.45) is 0. The van der Waals surface area contributed by atoms with Crippen LogP contribution in [0.5, 0.6) is 0 Å². The van der Waals surface area contributed by atoms with Crippen LogP contribution >= 0.6 is 0 Å². The molecule has 0 spiro atoms. The fraction of sp³-hybridized carbons (Fsp3) is 0.125. The molecule has 0 aliphatic heterocycles. The van der Waals surface area contributed by atoms with E-state index in [0.717, 1.165) is 0 Å². The third-order valence-corrected chi connectivity index (χ3v) is 3.83. The molecule has 1 heterocycles. The van der Waals surface area contributed by atoms with E-state index < -0.39 is 0 Å². The first kappa shape index (κ1) is 6.39. The van der Waals surface area contributed by atoms with Gasteiger partial charge in [-0.2, -0.15) is 0 Å². The third-order valence-electron chi connectivity index (χ3n) is 1.56. The van der Waals surface area contributed by atoms with Crippen LogP contribution in [0.3, 0.4) is 0 Å². The molecule has 50 valence electrons. The van der Waals surface area contributed by atoms with Gasteiger partial charge in [0.15, 0.2) is 0 Å². The van der Waals surface area contributed by atoms with Crippen LogP contribution in [0.25, 0.3) is 8.92 Å². The van der Waals surface area contributed by atoms with E-state index in [2.05, 4.69) is 34.3 Å². The van der Waals surface area contributed by atoms with Crippen LogP contribution in [0.15, 0.2) is 22.4 Å². The van der Waals surface area contributed by atoms with Gasteiger partial charge in [-0.15, -0.1) is 0 Å². The maximum atomic E-state index is 4.33. The normalized spacial score (nSPS) is 10.5. The molecule has 10 heavy (non-hydrogen) atoms. The molecular formula is C8H7NTe. The molecule has 0 fully saturated rings. The SMILES string of the molecule is Cc1cccc2[te]cnc12. The molecule has 0 aliphatic rings. The Labute approximate surface area is 69.3 Å². The summed E-state index contributed by atoms with van der Waals surface area (Å²) in [5.41, 5.74) is 2.56. The number of aromatic nitrogens is 1. The summed E-state index contributed by atoms with van der Waals surface area (Å²) in [7, 11) is 0. The zero-order valence-corrected chi connectivity index (χ0v) is 8.00. The van der Waals surface area contributed by atoms with Gasteiger partial charge >= 0.3 is 69.2 Å². The predicted molar refractivity (Wildman–Crippen MR) is 43.4 cm³/mol. The van der Waals surface area contributed by atoms with Gasteiger partial charge in [0.05, 0.1) is 0 Å². The molecule has 0 radical (unpaired) electrons. The second kappa shape index (κ2) is 2.38. The van der Waals surface area contributed by atoms with E-state index in [-0.39, 0.29) is 20.4 Å². The molecule has 0 aliphatic carbocycles.